The van der Waals surface area contributed by atoms with Crippen LogP contribution in [0.15, 0.2) is 24.3 Å². The molecule has 15 heavy (non-hydrogen) atoms. The predicted molar refractivity (Wildman–Crippen MR) is 62.4 cm³/mol. The molecule has 0 aliphatic heterocycles. The van der Waals surface area contributed by atoms with E-state index in [-0.39, 0.29) is 11.2 Å². The third kappa shape index (κ3) is 4.43. The topological polar surface area (TPSA) is 12.0 Å². The number of nitrogens with one attached hydrogen (secondary N) is 1. The van der Waals surface area contributed by atoms with Crippen LogP contribution in [0.2, 0.25) is 0 Å². The van der Waals surface area contributed by atoms with Crippen molar-refractivity contribution in [2.45, 2.75) is 27.2 Å². The maximum absolute atomic E-state index is 12.7. The maximum Gasteiger partial charge on any atom is 0.123 e. The van der Waals surface area contributed by atoms with Crippen molar-refractivity contribution in [1.29, 1.82) is 0 Å². The molecule has 0 aliphatic carbocycles. The van der Waals surface area contributed by atoms with Gasteiger partial charge in [0.2, 0.25) is 0 Å². The summed E-state index contributed by atoms with van der Waals surface area (Å²) in [6.07, 6.45) is 0.972. The van der Waals surface area contributed by atoms with Gasteiger partial charge in [0.05, 0.1) is 0 Å². The molecule has 0 fully saturated rings. The first-order valence-corrected chi connectivity index (χ1v) is 5.49. The van der Waals surface area contributed by atoms with Gasteiger partial charge < -0.3 is 5.32 Å². The van der Waals surface area contributed by atoms with Crippen LogP contribution < -0.4 is 5.32 Å². The van der Waals surface area contributed by atoms with E-state index in [1.807, 2.05) is 12.1 Å². The van der Waals surface area contributed by atoms with Crippen molar-refractivity contribution in [3.05, 3.63) is 35.6 Å². The standard InChI is InChI=1S/C13H20FN/c1-4-15-10-13(2,3)9-11-5-7-12(14)8-6-11/h5-8,15H,4,9-10H2,1-3H3. The van der Waals surface area contributed by atoms with E-state index in [2.05, 4.69) is 26.1 Å². The minimum Gasteiger partial charge on any atom is -0.316 e. The van der Waals surface area contributed by atoms with Gasteiger partial charge in [-0.05, 0) is 36.1 Å². The first-order chi connectivity index (χ1) is 7.03. The highest BCUT2D eigenvalue weighted by atomic mass is 19.1. The second-order valence-corrected chi connectivity index (χ2v) is 4.75. The smallest absolute Gasteiger partial charge is 0.123 e. The van der Waals surface area contributed by atoms with Crippen molar-refractivity contribution in [2.75, 3.05) is 13.1 Å². The summed E-state index contributed by atoms with van der Waals surface area (Å²) in [6.45, 7) is 8.53. The highest BCUT2D eigenvalue weighted by Crippen LogP contribution is 2.20. The SMILES string of the molecule is CCNCC(C)(C)Cc1ccc(F)cc1. The Hall–Kier alpha value is -0.890. The fraction of sp³-hybridized carbons (Fsp3) is 0.538. The summed E-state index contributed by atoms with van der Waals surface area (Å²) in [6, 6.07) is 6.78. The summed E-state index contributed by atoms with van der Waals surface area (Å²) in [4.78, 5) is 0. The third-order valence-electron chi connectivity index (χ3n) is 2.45. The molecule has 0 saturated carbocycles. The highest BCUT2D eigenvalue weighted by Gasteiger charge is 2.17. The zero-order valence-corrected chi connectivity index (χ0v) is 9.81. The molecule has 1 aromatic carbocycles. The largest absolute Gasteiger partial charge is 0.316 e. The Morgan fingerprint density at radius 3 is 2.33 bits per heavy atom. The van der Waals surface area contributed by atoms with Crippen LogP contribution in [0, 0.1) is 11.2 Å². The predicted octanol–water partition coefficient (Wildman–Crippen LogP) is 3.00. The molecule has 0 amide bonds. The lowest BCUT2D eigenvalue weighted by atomic mass is 9.85. The first-order valence-electron chi connectivity index (χ1n) is 5.49. The van der Waals surface area contributed by atoms with Crippen LogP contribution in [0.25, 0.3) is 0 Å². The number of hydrogen-bond donors (Lipinski definition) is 1. The van der Waals surface area contributed by atoms with Gasteiger partial charge in [-0.15, -0.1) is 0 Å². The van der Waals surface area contributed by atoms with Crippen LogP contribution in [-0.4, -0.2) is 13.1 Å². The quantitative estimate of drug-likeness (QED) is 0.786. The summed E-state index contributed by atoms with van der Waals surface area (Å²) in [5.74, 6) is -0.164. The summed E-state index contributed by atoms with van der Waals surface area (Å²) >= 11 is 0. The summed E-state index contributed by atoms with van der Waals surface area (Å²) in [5, 5.41) is 3.35. The van der Waals surface area contributed by atoms with Crippen molar-refractivity contribution >= 4 is 0 Å². The molecule has 1 N–H and O–H groups in total. The molecule has 1 rings (SSSR count). The minimum absolute atomic E-state index is 0.164. The second-order valence-electron chi connectivity index (χ2n) is 4.75. The molecular formula is C13H20FN. The van der Waals surface area contributed by atoms with Crippen LogP contribution in [0.5, 0.6) is 0 Å². The number of hydrogen-bond acceptors (Lipinski definition) is 1. The Morgan fingerprint density at radius 2 is 1.80 bits per heavy atom. The van der Waals surface area contributed by atoms with E-state index in [9.17, 15) is 4.39 Å². The highest BCUT2D eigenvalue weighted by molar-refractivity contribution is 5.17. The Labute approximate surface area is 91.7 Å². The Kier molecular flexibility index (Phi) is 4.28. The molecule has 0 atom stereocenters. The van der Waals surface area contributed by atoms with Crippen LogP contribution in [-0.2, 0) is 6.42 Å². The molecule has 0 radical (unpaired) electrons. The van der Waals surface area contributed by atoms with E-state index in [1.54, 1.807) is 0 Å². The van der Waals surface area contributed by atoms with Gasteiger partial charge in [0.25, 0.3) is 0 Å². The second kappa shape index (κ2) is 5.26. The lowest BCUT2D eigenvalue weighted by Gasteiger charge is -2.25. The molecule has 1 nitrogen and oxygen atoms in total. The van der Waals surface area contributed by atoms with E-state index in [1.165, 1.54) is 17.7 Å². The molecule has 0 spiro atoms. The molecule has 0 aliphatic rings. The van der Waals surface area contributed by atoms with E-state index < -0.39 is 0 Å². The molecular weight excluding hydrogens is 189 g/mol. The summed E-state index contributed by atoms with van der Waals surface area (Å²) < 4.78 is 12.7. The monoisotopic (exact) mass is 209 g/mol. The van der Waals surface area contributed by atoms with Crippen molar-refractivity contribution in [1.82, 2.24) is 5.32 Å². The number of halogens is 1. The van der Waals surface area contributed by atoms with Crippen LogP contribution >= 0.6 is 0 Å². The zero-order valence-electron chi connectivity index (χ0n) is 9.81. The zero-order chi connectivity index (χ0) is 11.3. The van der Waals surface area contributed by atoms with Gasteiger partial charge in [-0.25, -0.2) is 4.39 Å². The molecule has 0 bridgehead atoms. The number of rotatable bonds is 5. The third-order valence-corrected chi connectivity index (χ3v) is 2.45. The Balaban J connectivity index is 2.56. The van der Waals surface area contributed by atoms with Gasteiger partial charge in [-0.3, -0.25) is 0 Å². The fourth-order valence-corrected chi connectivity index (χ4v) is 1.68. The van der Waals surface area contributed by atoms with E-state index in [4.69, 9.17) is 0 Å². The summed E-state index contributed by atoms with van der Waals surface area (Å²) in [5.41, 5.74) is 1.41. The van der Waals surface area contributed by atoms with E-state index in [0.717, 1.165) is 19.5 Å². The van der Waals surface area contributed by atoms with E-state index in [0.29, 0.717) is 0 Å². The van der Waals surface area contributed by atoms with Gasteiger partial charge in [0.1, 0.15) is 5.82 Å². The molecule has 84 valence electrons. The Bertz CT molecular complexity index is 290. The van der Waals surface area contributed by atoms with Gasteiger partial charge in [-0.2, -0.15) is 0 Å². The van der Waals surface area contributed by atoms with E-state index >= 15 is 0 Å². The fourth-order valence-electron chi connectivity index (χ4n) is 1.68. The molecule has 2 heteroatoms. The number of benzene rings is 1. The molecule has 0 saturated heterocycles. The first kappa shape index (κ1) is 12.2. The lowest BCUT2D eigenvalue weighted by Crippen LogP contribution is -2.30. The average Bonchev–Trinajstić information content (AvgIpc) is 2.18. The molecule has 0 unspecified atom stereocenters. The lowest BCUT2D eigenvalue weighted by molar-refractivity contribution is 0.342. The van der Waals surface area contributed by atoms with Crippen molar-refractivity contribution in [3.8, 4) is 0 Å². The van der Waals surface area contributed by atoms with Crippen LogP contribution in [0.3, 0.4) is 0 Å². The average molecular weight is 209 g/mol. The van der Waals surface area contributed by atoms with Gasteiger partial charge >= 0.3 is 0 Å². The normalized spacial score (nSPS) is 11.7. The van der Waals surface area contributed by atoms with Gasteiger partial charge in [0.15, 0.2) is 0 Å². The Morgan fingerprint density at radius 1 is 1.20 bits per heavy atom. The summed E-state index contributed by atoms with van der Waals surface area (Å²) in [7, 11) is 0. The maximum atomic E-state index is 12.7. The molecule has 0 aromatic heterocycles. The molecule has 1 aromatic rings. The molecule has 0 heterocycles. The van der Waals surface area contributed by atoms with Crippen molar-refractivity contribution in [2.24, 2.45) is 5.41 Å². The van der Waals surface area contributed by atoms with Gasteiger partial charge in [0, 0.05) is 6.54 Å². The van der Waals surface area contributed by atoms with Crippen molar-refractivity contribution < 1.29 is 4.39 Å². The van der Waals surface area contributed by atoms with Crippen LogP contribution in [0.4, 0.5) is 4.39 Å². The van der Waals surface area contributed by atoms with Gasteiger partial charge in [-0.1, -0.05) is 32.9 Å². The van der Waals surface area contributed by atoms with Crippen LogP contribution in [0.1, 0.15) is 26.3 Å². The van der Waals surface area contributed by atoms with Crippen molar-refractivity contribution in [3.63, 3.8) is 0 Å². The minimum atomic E-state index is -0.164.